The van der Waals surface area contributed by atoms with Crippen LogP contribution in [0.3, 0.4) is 0 Å². The maximum absolute atomic E-state index is 11.3. The molecule has 90 valence electrons. The van der Waals surface area contributed by atoms with Crippen molar-refractivity contribution in [2.45, 2.75) is 32.2 Å². The molecule has 16 heavy (non-hydrogen) atoms. The number of nitrogens with one attached hydrogen (secondary N) is 1. The van der Waals surface area contributed by atoms with Crippen LogP contribution in [0.5, 0.6) is 0 Å². The highest BCUT2D eigenvalue weighted by molar-refractivity contribution is 5.88. The topological polar surface area (TPSA) is 92.7 Å². The average molecular weight is 229 g/mol. The fourth-order valence-electron chi connectivity index (χ4n) is 1.22. The zero-order valence-corrected chi connectivity index (χ0v) is 9.06. The number of carboxylic acid groups (broad SMARTS) is 1. The summed E-state index contributed by atoms with van der Waals surface area (Å²) in [6.45, 7) is 1.83. The van der Waals surface area contributed by atoms with E-state index in [1.807, 2.05) is 0 Å². The highest BCUT2D eigenvalue weighted by Gasteiger charge is 2.33. The van der Waals surface area contributed by atoms with E-state index in [0.29, 0.717) is 0 Å². The number of amides is 1. The minimum atomic E-state index is -1.22. The number of ether oxygens (including phenoxy) is 1. The Balaban J connectivity index is 2.43. The third-order valence-electron chi connectivity index (χ3n) is 2.24. The molecule has 0 aromatic heterocycles. The van der Waals surface area contributed by atoms with E-state index in [-0.39, 0.29) is 24.9 Å². The molecule has 0 radical (unpaired) electrons. The van der Waals surface area contributed by atoms with Gasteiger partial charge in [-0.25, -0.2) is 4.79 Å². The standard InChI is InChI=1S/C10H15NO5/c1-2-16-8(12)5-7(10(14)15)11-9(13)6-3-4-6/h6-7H,2-5H2,1H3,(H,11,13)(H,14,15). The fraction of sp³-hybridized carbons (Fsp3) is 0.700. The Labute approximate surface area is 93.0 Å². The van der Waals surface area contributed by atoms with Crippen molar-refractivity contribution in [3.63, 3.8) is 0 Å². The molecule has 6 heteroatoms. The molecule has 1 amide bonds. The number of carboxylic acids is 1. The Kier molecular flexibility index (Phi) is 4.28. The smallest absolute Gasteiger partial charge is 0.326 e. The lowest BCUT2D eigenvalue weighted by atomic mass is 10.2. The highest BCUT2D eigenvalue weighted by Crippen LogP contribution is 2.28. The van der Waals surface area contributed by atoms with Crippen LogP contribution >= 0.6 is 0 Å². The van der Waals surface area contributed by atoms with E-state index >= 15 is 0 Å². The van der Waals surface area contributed by atoms with E-state index in [9.17, 15) is 14.4 Å². The third-order valence-corrected chi connectivity index (χ3v) is 2.24. The molecule has 1 aliphatic rings. The van der Waals surface area contributed by atoms with Crippen LogP contribution in [0.1, 0.15) is 26.2 Å². The summed E-state index contributed by atoms with van der Waals surface area (Å²) in [5.74, 6) is -2.21. The van der Waals surface area contributed by atoms with Gasteiger partial charge in [0.25, 0.3) is 0 Å². The maximum Gasteiger partial charge on any atom is 0.326 e. The van der Waals surface area contributed by atoms with Crippen LogP contribution in [0.2, 0.25) is 0 Å². The molecule has 0 aromatic rings. The largest absolute Gasteiger partial charge is 0.480 e. The zero-order valence-electron chi connectivity index (χ0n) is 9.06. The fourth-order valence-corrected chi connectivity index (χ4v) is 1.22. The Morgan fingerprint density at radius 2 is 2.06 bits per heavy atom. The lowest BCUT2D eigenvalue weighted by Crippen LogP contribution is -2.43. The first-order valence-corrected chi connectivity index (χ1v) is 5.23. The first-order valence-electron chi connectivity index (χ1n) is 5.23. The molecule has 2 N–H and O–H groups in total. The van der Waals surface area contributed by atoms with Gasteiger partial charge in [0.05, 0.1) is 13.0 Å². The van der Waals surface area contributed by atoms with Crippen LogP contribution in [-0.4, -0.2) is 35.6 Å². The summed E-state index contributed by atoms with van der Waals surface area (Å²) in [5, 5.41) is 11.1. The number of carbonyl (C=O) groups is 3. The molecule has 1 aliphatic carbocycles. The Bertz CT molecular complexity index is 298. The SMILES string of the molecule is CCOC(=O)CC(NC(=O)C1CC1)C(=O)O. The molecule has 0 aromatic carbocycles. The van der Waals surface area contributed by atoms with E-state index in [1.54, 1.807) is 6.92 Å². The molecule has 1 unspecified atom stereocenters. The van der Waals surface area contributed by atoms with Gasteiger partial charge in [-0.05, 0) is 19.8 Å². The Morgan fingerprint density at radius 1 is 1.44 bits per heavy atom. The molecular weight excluding hydrogens is 214 g/mol. The molecule has 0 aliphatic heterocycles. The molecule has 1 atom stereocenters. The molecule has 1 fully saturated rings. The summed E-state index contributed by atoms with van der Waals surface area (Å²) in [7, 11) is 0. The molecule has 0 heterocycles. The minimum Gasteiger partial charge on any atom is -0.480 e. The van der Waals surface area contributed by atoms with Gasteiger partial charge in [0, 0.05) is 5.92 Å². The lowest BCUT2D eigenvalue weighted by molar-refractivity contribution is -0.150. The highest BCUT2D eigenvalue weighted by atomic mass is 16.5. The third kappa shape index (κ3) is 3.88. The summed E-state index contributed by atoms with van der Waals surface area (Å²) < 4.78 is 4.63. The normalized spacial score (nSPS) is 16.3. The molecule has 0 spiro atoms. The lowest BCUT2D eigenvalue weighted by Gasteiger charge is -2.13. The summed E-state index contributed by atoms with van der Waals surface area (Å²) in [6, 6.07) is -1.19. The van der Waals surface area contributed by atoms with Crippen molar-refractivity contribution in [2.75, 3.05) is 6.61 Å². The van der Waals surface area contributed by atoms with Crippen molar-refractivity contribution >= 4 is 17.8 Å². The second-order valence-electron chi connectivity index (χ2n) is 3.68. The van der Waals surface area contributed by atoms with Gasteiger partial charge < -0.3 is 15.2 Å². The van der Waals surface area contributed by atoms with Gasteiger partial charge in [0.1, 0.15) is 6.04 Å². The molecule has 1 rings (SSSR count). The number of carbonyl (C=O) groups excluding carboxylic acids is 2. The Morgan fingerprint density at radius 3 is 2.50 bits per heavy atom. The van der Waals surface area contributed by atoms with Crippen molar-refractivity contribution in [3.8, 4) is 0 Å². The molecule has 1 saturated carbocycles. The van der Waals surface area contributed by atoms with Crippen LogP contribution in [0.15, 0.2) is 0 Å². The van der Waals surface area contributed by atoms with Gasteiger partial charge in [-0.15, -0.1) is 0 Å². The monoisotopic (exact) mass is 229 g/mol. The van der Waals surface area contributed by atoms with Crippen LogP contribution in [0, 0.1) is 5.92 Å². The summed E-state index contributed by atoms with van der Waals surface area (Å²) >= 11 is 0. The minimum absolute atomic E-state index is 0.0796. The first-order chi connectivity index (χ1) is 7.54. The zero-order chi connectivity index (χ0) is 12.1. The van der Waals surface area contributed by atoms with Gasteiger partial charge in [-0.2, -0.15) is 0 Å². The quantitative estimate of drug-likeness (QED) is 0.621. The molecule has 6 nitrogen and oxygen atoms in total. The van der Waals surface area contributed by atoms with E-state index in [4.69, 9.17) is 5.11 Å². The van der Waals surface area contributed by atoms with E-state index in [0.717, 1.165) is 12.8 Å². The van der Waals surface area contributed by atoms with Crippen LogP contribution in [0.4, 0.5) is 0 Å². The van der Waals surface area contributed by atoms with Crippen LogP contribution in [-0.2, 0) is 19.1 Å². The molecular formula is C10H15NO5. The van der Waals surface area contributed by atoms with Gasteiger partial charge in [-0.3, -0.25) is 9.59 Å². The number of rotatable bonds is 6. The maximum atomic E-state index is 11.3. The van der Waals surface area contributed by atoms with E-state index in [1.165, 1.54) is 0 Å². The van der Waals surface area contributed by atoms with Crippen molar-refractivity contribution in [3.05, 3.63) is 0 Å². The van der Waals surface area contributed by atoms with E-state index < -0.39 is 18.0 Å². The second kappa shape index (κ2) is 5.48. The van der Waals surface area contributed by atoms with Gasteiger partial charge in [0.2, 0.25) is 5.91 Å². The number of esters is 1. The summed E-state index contributed by atoms with van der Waals surface area (Å²) in [4.78, 5) is 33.2. The predicted octanol–water partition coefficient (Wildman–Crippen LogP) is -0.0810. The Hall–Kier alpha value is -1.59. The van der Waals surface area contributed by atoms with Gasteiger partial charge in [0.15, 0.2) is 0 Å². The number of hydrogen-bond donors (Lipinski definition) is 2. The summed E-state index contributed by atoms with van der Waals surface area (Å²) in [6.07, 6.45) is 1.25. The number of aliphatic carboxylic acids is 1. The first kappa shape index (κ1) is 12.5. The van der Waals surface area contributed by atoms with Crippen molar-refractivity contribution in [1.29, 1.82) is 0 Å². The van der Waals surface area contributed by atoms with Gasteiger partial charge >= 0.3 is 11.9 Å². The molecule has 0 bridgehead atoms. The summed E-state index contributed by atoms with van der Waals surface area (Å²) in [5.41, 5.74) is 0. The van der Waals surface area contributed by atoms with Gasteiger partial charge in [-0.1, -0.05) is 0 Å². The predicted molar refractivity (Wildman–Crippen MR) is 53.5 cm³/mol. The second-order valence-corrected chi connectivity index (χ2v) is 3.68. The average Bonchev–Trinajstić information content (AvgIpc) is 2.99. The van der Waals surface area contributed by atoms with Crippen LogP contribution < -0.4 is 5.32 Å². The van der Waals surface area contributed by atoms with Crippen molar-refractivity contribution in [1.82, 2.24) is 5.32 Å². The van der Waals surface area contributed by atoms with Crippen LogP contribution in [0.25, 0.3) is 0 Å². The molecule has 0 saturated heterocycles. The van der Waals surface area contributed by atoms with Crippen molar-refractivity contribution in [2.24, 2.45) is 5.92 Å². The number of hydrogen-bond acceptors (Lipinski definition) is 4. The van der Waals surface area contributed by atoms with Crippen molar-refractivity contribution < 1.29 is 24.2 Å². The van der Waals surface area contributed by atoms with E-state index in [2.05, 4.69) is 10.1 Å².